The van der Waals surface area contributed by atoms with Crippen molar-refractivity contribution in [1.82, 2.24) is 5.32 Å². The molecule has 3 amide bonds. The molecular formula is C20H27N3O4. The van der Waals surface area contributed by atoms with Crippen molar-refractivity contribution in [2.24, 2.45) is 5.92 Å². The van der Waals surface area contributed by atoms with Gasteiger partial charge >= 0.3 is 6.09 Å². The molecule has 1 aromatic carbocycles. The van der Waals surface area contributed by atoms with E-state index >= 15 is 0 Å². The Bertz CT molecular complexity index is 701. The van der Waals surface area contributed by atoms with Crippen LogP contribution in [0.4, 0.5) is 16.2 Å². The number of rotatable bonds is 7. The summed E-state index contributed by atoms with van der Waals surface area (Å²) in [7, 11) is 0. The number of allylic oxidation sites excluding steroid dienone is 1. The Morgan fingerprint density at radius 2 is 1.67 bits per heavy atom. The highest BCUT2D eigenvalue weighted by molar-refractivity contribution is 5.99. The summed E-state index contributed by atoms with van der Waals surface area (Å²) >= 11 is 0. The average molecular weight is 373 g/mol. The lowest BCUT2D eigenvalue weighted by Gasteiger charge is -2.19. The van der Waals surface area contributed by atoms with Crippen LogP contribution in [0.15, 0.2) is 36.4 Å². The lowest BCUT2D eigenvalue weighted by atomic mass is 10.2. The number of hydrogen-bond acceptors (Lipinski definition) is 4. The lowest BCUT2D eigenvalue weighted by Crippen LogP contribution is -2.34. The molecule has 146 valence electrons. The van der Waals surface area contributed by atoms with Crippen molar-refractivity contribution in [3.63, 3.8) is 0 Å². The Hall–Kier alpha value is -2.83. The first kappa shape index (κ1) is 20.5. The average Bonchev–Trinajstić information content (AvgIpc) is 3.37. The van der Waals surface area contributed by atoms with Gasteiger partial charge in [0.25, 0.3) is 0 Å². The van der Waals surface area contributed by atoms with Gasteiger partial charge in [-0.15, -0.1) is 0 Å². The van der Waals surface area contributed by atoms with E-state index in [-0.39, 0.29) is 24.8 Å². The smallest absolute Gasteiger partial charge is 0.407 e. The van der Waals surface area contributed by atoms with Crippen LogP contribution in [0.2, 0.25) is 0 Å². The van der Waals surface area contributed by atoms with Gasteiger partial charge in [0.15, 0.2) is 0 Å². The maximum Gasteiger partial charge on any atom is 0.407 e. The Labute approximate surface area is 159 Å². The van der Waals surface area contributed by atoms with E-state index in [1.165, 1.54) is 0 Å². The third-order valence-corrected chi connectivity index (χ3v) is 3.60. The maximum atomic E-state index is 11.9. The second-order valence-corrected chi connectivity index (χ2v) is 7.49. The molecule has 2 rings (SSSR count). The van der Waals surface area contributed by atoms with Gasteiger partial charge in [-0.25, -0.2) is 4.79 Å². The maximum absolute atomic E-state index is 11.9. The van der Waals surface area contributed by atoms with Crippen molar-refractivity contribution >= 4 is 29.3 Å². The fourth-order valence-electron chi connectivity index (χ4n) is 2.15. The first-order chi connectivity index (χ1) is 12.7. The predicted molar refractivity (Wildman–Crippen MR) is 104 cm³/mol. The minimum absolute atomic E-state index is 0.129. The summed E-state index contributed by atoms with van der Waals surface area (Å²) < 4.78 is 5.10. The van der Waals surface area contributed by atoms with Crippen LogP contribution in [0.25, 0.3) is 0 Å². The molecule has 1 aliphatic carbocycles. The van der Waals surface area contributed by atoms with Crippen LogP contribution in [0.1, 0.15) is 40.0 Å². The molecule has 1 aliphatic rings. The highest BCUT2D eigenvalue weighted by Gasteiger charge is 2.17. The predicted octanol–water partition coefficient (Wildman–Crippen LogP) is 3.44. The van der Waals surface area contributed by atoms with Gasteiger partial charge in [0.2, 0.25) is 11.8 Å². The van der Waals surface area contributed by atoms with E-state index in [0.717, 1.165) is 12.8 Å². The summed E-state index contributed by atoms with van der Waals surface area (Å²) in [6.45, 7) is 5.50. The number of nitrogens with one attached hydrogen (secondary N) is 3. The van der Waals surface area contributed by atoms with Gasteiger partial charge in [0.1, 0.15) is 5.60 Å². The number of benzene rings is 1. The number of carbonyl (C=O) groups excluding carboxylic acids is 3. The third kappa shape index (κ3) is 8.89. The number of ether oxygens (including phenoxy) is 1. The molecule has 27 heavy (non-hydrogen) atoms. The van der Waals surface area contributed by atoms with Crippen molar-refractivity contribution < 1.29 is 19.1 Å². The largest absolute Gasteiger partial charge is 0.444 e. The van der Waals surface area contributed by atoms with E-state index in [9.17, 15) is 14.4 Å². The quantitative estimate of drug-likeness (QED) is 0.638. The molecule has 0 bridgehead atoms. The standard InChI is InChI=1S/C20H27N3O4/c1-20(2,3)27-19(26)21-13-12-18(25)23-16-9-7-15(8-10-16)22-17(24)11-6-14-4-5-14/h6-11,14H,4-5,12-13H2,1-3H3,(H,21,26)(H,22,24)(H,23,25)/b11-6+. The van der Waals surface area contributed by atoms with Crippen molar-refractivity contribution in [3.8, 4) is 0 Å². The zero-order valence-corrected chi connectivity index (χ0v) is 16.0. The van der Waals surface area contributed by atoms with Crippen LogP contribution in [-0.2, 0) is 14.3 Å². The van der Waals surface area contributed by atoms with Crippen LogP contribution in [-0.4, -0.2) is 30.1 Å². The number of amides is 3. The summed E-state index contributed by atoms with van der Waals surface area (Å²) in [5, 5.41) is 8.04. The van der Waals surface area contributed by atoms with Gasteiger partial charge in [0, 0.05) is 24.3 Å². The van der Waals surface area contributed by atoms with E-state index in [1.807, 2.05) is 6.08 Å². The van der Waals surface area contributed by atoms with Gasteiger partial charge in [-0.3, -0.25) is 9.59 Å². The van der Waals surface area contributed by atoms with Crippen LogP contribution in [0, 0.1) is 5.92 Å². The van der Waals surface area contributed by atoms with Gasteiger partial charge in [-0.05, 0) is 69.9 Å². The highest BCUT2D eigenvalue weighted by atomic mass is 16.6. The molecule has 0 heterocycles. The molecule has 3 N–H and O–H groups in total. The molecule has 1 aromatic rings. The molecule has 0 aromatic heterocycles. The van der Waals surface area contributed by atoms with E-state index in [4.69, 9.17) is 4.74 Å². The molecule has 0 aliphatic heterocycles. The Morgan fingerprint density at radius 3 is 2.22 bits per heavy atom. The minimum atomic E-state index is -0.572. The van der Waals surface area contributed by atoms with E-state index < -0.39 is 11.7 Å². The molecule has 0 atom stereocenters. The molecule has 0 radical (unpaired) electrons. The number of carbonyl (C=O) groups is 3. The summed E-state index contributed by atoms with van der Waals surface area (Å²) in [5.74, 6) is 0.167. The van der Waals surface area contributed by atoms with E-state index in [0.29, 0.717) is 17.3 Å². The number of anilines is 2. The van der Waals surface area contributed by atoms with Crippen molar-refractivity contribution in [2.75, 3.05) is 17.2 Å². The van der Waals surface area contributed by atoms with Crippen LogP contribution >= 0.6 is 0 Å². The van der Waals surface area contributed by atoms with Gasteiger partial charge in [-0.1, -0.05) is 6.08 Å². The fraction of sp³-hybridized carbons (Fsp3) is 0.450. The highest BCUT2D eigenvalue weighted by Crippen LogP contribution is 2.29. The topological polar surface area (TPSA) is 96.5 Å². The first-order valence-corrected chi connectivity index (χ1v) is 9.07. The Kier molecular flexibility index (Phi) is 6.98. The first-order valence-electron chi connectivity index (χ1n) is 9.07. The van der Waals surface area contributed by atoms with E-state index in [2.05, 4.69) is 16.0 Å². The Morgan fingerprint density at radius 1 is 1.07 bits per heavy atom. The van der Waals surface area contributed by atoms with Gasteiger partial charge in [0.05, 0.1) is 0 Å². The molecule has 0 spiro atoms. The molecule has 7 heteroatoms. The lowest BCUT2D eigenvalue weighted by molar-refractivity contribution is -0.116. The van der Waals surface area contributed by atoms with Gasteiger partial charge in [-0.2, -0.15) is 0 Å². The van der Waals surface area contributed by atoms with Crippen molar-refractivity contribution in [1.29, 1.82) is 0 Å². The summed E-state index contributed by atoms with van der Waals surface area (Å²) in [6, 6.07) is 6.85. The number of alkyl carbamates (subject to hydrolysis) is 1. The second-order valence-electron chi connectivity index (χ2n) is 7.49. The molecule has 1 saturated carbocycles. The summed E-state index contributed by atoms with van der Waals surface area (Å²) in [5.41, 5.74) is 0.700. The third-order valence-electron chi connectivity index (χ3n) is 3.60. The molecular weight excluding hydrogens is 346 g/mol. The van der Waals surface area contributed by atoms with Gasteiger partial charge < -0.3 is 20.7 Å². The van der Waals surface area contributed by atoms with Crippen molar-refractivity contribution in [3.05, 3.63) is 36.4 Å². The summed E-state index contributed by atoms with van der Waals surface area (Å²) in [4.78, 5) is 35.2. The fourth-order valence-corrected chi connectivity index (χ4v) is 2.15. The zero-order chi connectivity index (χ0) is 19.9. The number of hydrogen-bond donors (Lipinski definition) is 3. The molecule has 7 nitrogen and oxygen atoms in total. The minimum Gasteiger partial charge on any atom is -0.444 e. The second kappa shape index (κ2) is 9.21. The molecule has 1 fully saturated rings. The van der Waals surface area contributed by atoms with Crippen LogP contribution in [0.5, 0.6) is 0 Å². The zero-order valence-electron chi connectivity index (χ0n) is 16.0. The molecule has 0 unspecified atom stereocenters. The normalized spacial score (nSPS) is 13.9. The molecule has 0 saturated heterocycles. The summed E-state index contributed by atoms with van der Waals surface area (Å²) in [6.07, 6.45) is 5.38. The Balaban J connectivity index is 1.69. The van der Waals surface area contributed by atoms with Crippen LogP contribution < -0.4 is 16.0 Å². The monoisotopic (exact) mass is 373 g/mol. The SMILES string of the molecule is CC(C)(C)OC(=O)NCCC(=O)Nc1ccc(NC(=O)/C=C/C2CC2)cc1. The van der Waals surface area contributed by atoms with Crippen molar-refractivity contribution in [2.45, 2.75) is 45.6 Å². The van der Waals surface area contributed by atoms with E-state index in [1.54, 1.807) is 51.1 Å². The van der Waals surface area contributed by atoms with Crippen LogP contribution in [0.3, 0.4) is 0 Å².